The lowest BCUT2D eigenvalue weighted by molar-refractivity contribution is 0.150. The quantitative estimate of drug-likeness (QED) is 0.154. The summed E-state index contributed by atoms with van der Waals surface area (Å²) >= 11 is 0. The van der Waals surface area contributed by atoms with Crippen molar-refractivity contribution >= 4 is 39.6 Å². The van der Waals surface area contributed by atoms with Crippen LogP contribution in [0.5, 0.6) is 0 Å². The Bertz CT molecular complexity index is 1390. The average Bonchev–Trinajstić information content (AvgIpc) is 3.64. The van der Waals surface area contributed by atoms with Gasteiger partial charge >= 0.3 is 0 Å². The molecule has 0 N–H and O–H groups in total. The maximum Gasteiger partial charge on any atom is 0.249 e. The Kier molecular flexibility index (Phi) is 10.1. The van der Waals surface area contributed by atoms with Crippen molar-refractivity contribution in [3.05, 3.63) is 121 Å². The fourth-order valence-corrected chi connectivity index (χ4v) is 13.7. The SMILES string of the molecule is C[C@H](C[C@@H](C)OP1N(c2ccccc2)[C@H]2CCCC[C@@H]2N1c1ccccc1)OP1N(c2ccccc2)[C@H]2CCCC[C@@H]2N1c1ccccc1. The van der Waals surface area contributed by atoms with Crippen LogP contribution in [0.15, 0.2) is 121 Å². The number of nitrogens with zero attached hydrogens (tertiary/aromatic N) is 4. The molecular formula is C41H50N4O2P2. The highest BCUT2D eigenvalue weighted by atomic mass is 31.2. The van der Waals surface area contributed by atoms with Gasteiger partial charge in [-0.3, -0.25) is 0 Å². The molecule has 2 aliphatic carbocycles. The third-order valence-electron chi connectivity index (χ3n) is 10.7. The first-order chi connectivity index (χ1) is 24.2. The van der Waals surface area contributed by atoms with Gasteiger partial charge in [-0.25, -0.2) is 0 Å². The van der Waals surface area contributed by atoms with Gasteiger partial charge in [0, 0.05) is 29.2 Å². The Hall–Kier alpha value is -3.14. The maximum atomic E-state index is 7.31. The third kappa shape index (κ3) is 6.71. The van der Waals surface area contributed by atoms with Crippen LogP contribution in [-0.2, 0) is 9.05 Å². The standard InChI is InChI=1S/C41H50N4O2P2/c1-32(46-48-42(34-19-7-3-8-20-34)38-27-15-16-28-39(38)43(48)35-21-9-4-10-22-35)31-33(2)47-49-44(36-23-11-5-12-24-36)40-29-17-18-30-41(40)45(49)37-25-13-6-14-26-37/h3-14,19-26,32-33,38-41H,15-18,27-31H2,1-2H3/t32-,33-,38+,39+,40+,41+/m1/s1. The van der Waals surface area contributed by atoms with E-state index < -0.39 is 16.9 Å². The van der Waals surface area contributed by atoms with Crippen LogP contribution in [-0.4, -0.2) is 36.4 Å². The number of benzene rings is 4. The minimum absolute atomic E-state index is 0.0221. The minimum Gasteiger partial charge on any atom is -0.319 e. The number of fused-ring (bicyclic) bond motifs is 2. The van der Waals surface area contributed by atoms with Crippen LogP contribution < -0.4 is 18.7 Å². The molecule has 2 saturated heterocycles. The molecule has 4 aliphatic rings. The fraction of sp³-hybridized carbons (Fsp3) is 0.415. The molecule has 4 fully saturated rings. The number of para-hydroxylation sites is 4. The van der Waals surface area contributed by atoms with Crippen LogP contribution in [0.25, 0.3) is 0 Å². The molecule has 0 bridgehead atoms. The lowest BCUT2D eigenvalue weighted by Crippen LogP contribution is -2.40. The lowest BCUT2D eigenvalue weighted by Gasteiger charge is -2.36. The zero-order valence-corrected chi connectivity index (χ0v) is 30.7. The summed E-state index contributed by atoms with van der Waals surface area (Å²) < 4.78 is 25.2. The van der Waals surface area contributed by atoms with Crippen molar-refractivity contribution in [1.29, 1.82) is 0 Å². The van der Waals surface area contributed by atoms with Gasteiger partial charge in [0.05, 0.1) is 36.4 Å². The summed E-state index contributed by atoms with van der Waals surface area (Å²) in [6, 6.07) is 45.8. The molecule has 4 aromatic carbocycles. The second kappa shape index (κ2) is 15.0. The molecule has 0 radical (unpaired) electrons. The molecule has 2 aliphatic heterocycles. The van der Waals surface area contributed by atoms with Gasteiger partial charge in [0.1, 0.15) is 0 Å². The molecular weight excluding hydrogens is 642 g/mol. The molecule has 8 heteroatoms. The number of hydrogen-bond acceptors (Lipinski definition) is 6. The second-order valence-corrected chi connectivity index (χ2v) is 17.3. The van der Waals surface area contributed by atoms with E-state index in [0.29, 0.717) is 24.2 Å². The van der Waals surface area contributed by atoms with E-state index in [1.807, 2.05) is 0 Å². The topological polar surface area (TPSA) is 31.4 Å². The summed E-state index contributed by atoms with van der Waals surface area (Å²) in [7, 11) is -2.13. The molecule has 49 heavy (non-hydrogen) atoms. The number of hydrogen-bond donors (Lipinski definition) is 0. The number of anilines is 4. The van der Waals surface area contributed by atoms with Crippen LogP contribution in [0.1, 0.15) is 71.6 Å². The van der Waals surface area contributed by atoms with Crippen molar-refractivity contribution < 1.29 is 9.05 Å². The smallest absolute Gasteiger partial charge is 0.249 e. The van der Waals surface area contributed by atoms with E-state index in [2.05, 4.69) is 154 Å². The predicted octanol–water partition coefficient (Wildman–Crippen LogP) is 11.3. The molecule has 4 aromatic rings. The highest BCUT2D eigenvalue weighted by molar-refractivity contribution is 7.57. The van der Waals surface area contributed by atoms with Gasteiger partial charge in [-0.1, -0.05) is 98.5 Å². The van der Waals surface area contributed by atoms with Crippen molar-refractivity contribution in [2.45, 2.75) is 108 Å². The summed E-state index contributed by atoms with van der Waals surface area (Å²) in [5.74, 6) is 0. The van der Waals surface area contributed by atoms with Crippen LogP contribution >= 0.6 is 16.9 Å². The van der Waals surface area contributed by atoms with Crippen LogP contribution in [0.4, 0.5) is 22.7 Å². The molecule has 8 rings (SSSR count). The van der Waals surface area contributed by atoms with E-state index >= 15 is 0 Å². The first-order valence-electron chi connectivity index (χ1n) is 18.5. The molecule has 2 heterocycles. The highest BCUT2D eigenvalue weighted by Gasteiger charge is 2.52. The van der Waals surface area contributed by atoms with Crippen molar-refractivity contribution in [3.8, 4) is 0 Å². The first-order valence-corrected chi connectivity index (χ1v) is 20.8. The molecule has 6 atom stereocenters. The number of rotatable bonds is 10. The van der Waals surface area contributed by atoms with Crippen molar-refractivity contribution in [2.75, 3.05) is 18.7 Å². The van der Waals surface area contributed by atoms with E-state index in [0.717, 1.165) is 6.42 Å². The van der Waals surface area contributed by atoms with Gasteiger partial charge in [0.25, 0.3) is 0 Å². The van der Waals surface area contributed by atoms with Gasteiger partial charge in [-0.2, -0.15) is 0 Å². The van der Waals surface area contributed by atoms with Gasteiger partial charge in [-0.15, -0.1) is 0 Å². The molecule has 256 valence electrons. The zero-order valence-electron chi connectivity index (χ0n) is 28.9. The van der Waals surface area contributed by atoms with E-state index in [9.17, 15) is 0 Å². The van der Waals surface area contributed by atoms with Crippen molar-refractivity contribution in [3.63, 3.8) is 0 Å². The van der Waals surface area contributed by atoms with Crippen LogP contribution in [0, 0.1) is 0 Å². The predicted molar refractivity (Wildman–Crippen MR) is 207 cm³/mol. The lowest BCUT2D eigenvalue weighted by atomic mass is 9.90. The highest BCUT2D eigenvalue weighted by Crippen LogP contribution is 2.63. The Morgan fingerprint density at radius 3 is 0.939 bits per heavy atom. The first kappa shape index (κ1) is 33.0. The minimum atomic E-state index is -1.07. The Morgan fingerprint density at radius 2 is 0.694 bits per heavy atom. The average molecular weight is 693 g/mol. The van der Waals surface area contributed by atoms with E-state index in [1.165, 1.54) is 74.1 Å². The summed E-state index contributed by atoms with van der Waals surface area (Å²) in [4.78, 5) is 0. The van der Waals surface area contributed by atoms with Crippen molar-refractivity contribution in [1.82, 2.24) is 0 Å². The Labute approximate surface area is 295 Å². The molecule has 2 saturated carbocycles. The van der Waals surface area contributed by atoms with Crippen LogP contribution in [0.2, 0.25) is 0 Å². The van der Waals surface area contributed by atoms with E-state index in [1.54, 1.807) is 0 Å². The van der Waals surface area contributed by atoms with Gasteiger partial charge in [0.15, 0.2) is 0 Å². The summed E-state index contributed by atoms with van der Waals surface area (Å²) in [6.07, 6.45) is 10.8. The summed E-state index contributed by atoms with van der Waals surface area (Å²) in [5, 5.41) is 0. The Balaban J connectivity index is 1.07. The van der Waals surface area contributed by atoms with Gasteiger partial charge < -0.3 is 27.7 Å². The van der Waals surface area contributed by atoms with Crippen LogP contribution in [0.3, 0.4) is 0 Å². The summed E-state index contributed by atoms with van der Waals surface area (Å²) in [5.41, 5.74) is 5.09. The maximum absolute atomic E-state index is 7.31. The van der Waals surface area contributed by atoms with Gasteiger partial charge in [-0.05, 0) is 88.1 Å². The largest absolute Gasteiger partial charge is 0.319 e. The van der Waals surface area contributed by atoms with Gasteiger partial charge in [0.2, 0.25) is 16.9 Å². The third-order valence-corrected chi connectivity index (χ3v) is 15.4. The molecule has 0 amide bonds. The Morgan fingerprint density at radius 1 is 0.449 bits per heavy atom. The molecule has 0 aromatic heterocycles. The molecule has 0 unspecified atom stereocenters. The normalized spacial score (nSPS) is 25.7. The summed E-state index contributed by atoms with van der Waals surface area (Å²) in [6.45, 7) is 4.53. The zero-order chi connectivity index (χ0) is 33.2. The van der Waals surface area contributed by atoms with E-state index in [4.69, 9.17) is 9.05 Å². The van der Waals surface area contributed by atoms with E-state index in [-0.39, 0.29) is 12.2 Å². The molecule has 0 spiro atoms. The fourth-order valence-electron chi connectivity index (χ4n) is 8.60. The monoisotopic (exact) mass is 692 g/mol. The molecule has 6 nitrogen and oxygen atoms in total. The second-order valence-electron chi connectivity index (χ2n) is 14.1. The van der Waals surface area contributed by atoms with Crippen molar-refractivity contribution in [2.24, 2.45) is 0 Å².